The van der Waals surface area contributed by atoms with Crippen molar-refractivity contribution < 1.29 is 31.2 Å². The van der Waals surface area contributed by atoms with Gasteiger partial charge in [-0.15, -0.1) is 0 Å². The highest BCUT2D eigenvalue weighted by Crippen LogP contribution is 2.14. The fourth-order valence-corrected chi connectivity index (χ4v) is 3.72. The molecule has 3 N–H and O–H groups in total. The fraction of sp³-hybridized carbons (Fsp3) is 0.143. The Morgan fingerprint density at radius 1 is 0.969 bits per heavy atom. The minimum Gasteiger partial charge on any atom is -0.459 e. The van der Waals surface area contributed by atoms with Gasteiger partial charge in [0.2, 0.25) is 15.9 Å². The van der Waals surface area contributed by atoms with Crippen LogP contribution in [0.2, 0.25) is 0 Å². The van der Waals surface area contributed by atoms with E-state index in [0.29, 0.717) is 23.4 Å². The molecule has 3 rings (SSSR count). The van der Waals surface area contributed by atoms with Gasteiger partial charge in [0.05, 0.1) is 11.2 Å². The lowest BCUT2D eigenvalue weighted by Crippen LogP contribution is -2.30. The Labute approximate surface area is 182 Å². The average molecular weight is 463 g/mol. The summed E-state index contributed by atoms with van der Waals surface area (Å²) in [5.74, 6) is -3.12. The summed E-state index contributed by atoms with van der Waals surface area (Å²) in [7, 11) is -4.08. The number of halogens is 2. The quantitative estimate of drug-likeness (QED) is 0.451. The molecule has 0 unspecified atom stereocenters. The normalized spacial score (nSPS) is 11.2. The van der Waals surface area contributed by atoms with Crippen LogP contribution in [-0.2, 0) is 21.4 Å². The van der Waals surface area contributed by atoms with Crippen molar-refractivity contribution in [2.75, 3.05) is 11.9 Å². The maximum atomic E-state index is 13.2. The SMILES string of the molecule is O=C(CCNS(=O)(=O)c1ccc(F)c(F)c1)NCc1cccc(NC(=O)c2ccco2)c1. The third-order valence-electron chi connectivity index (χ3n) is 4.27. The smallest absolute Gasteiger partial charge is 0.291 e. The number of furan rings is 1. The third kappa shape index (κ3) is 6.22. The van der Waals surface area contributed by atoms with Crippen LogP contribution in [0.5, 0.6) is 0 Å². The Morgan fingerprint density at radius 2 is 1.78 bits per heavy atom. The largest absolute Gasteiger partial charge is 0.459 e. The van der Waals surface area contributed by atoms with Crippen LogP contribution in [0.15, 0.2) is 70.2 Å². The van der Waals surface area contributed by atoms with Gasteiger partial charge in [-0.1, -0.05) is 12.1 Å². The van der Waals surface area contributed by atoms with Crippen molar-refractivity contribution in [3.63, 3.8) is 0 Å². The molecule has 0 spiro atoms. The van der Waals surface area contributed by atoms with Gasteiger partial charge in [-0.3, -0.25) is 9.59 Å². The highest BCUT2D eigenvalue weighted by molar-refractivity contribution is 7.89. The first-order valence-electron chi connectivity index (χ1n) is 9.40. The standard InChI is InChI=1S/C21H19F2N3O5S/c22-17-7-6-16(12-18(17)23)32(29,30)25-9-8-20(27)24-13-14-3-1-4-15(11-14)26-21(28)19-5-2-10-31-19/h1-7,10-12,25H,8-9,13H2,(H,24,27)(H,26,28). The molecule has 0 aliphatic rings. The summed E-state index contributed by atoms with van der Waals surface area (Å²) in [5, 5.41) is 5.31. The fourth-order valence-electron chi connectivity index (χ4n) is 2.67. The number of hydrogen-bond donors (Lipinski definition) is 3. The van der Waals surface area contributed by atoms with E-state index in [4.69, 9.17) is 4.42 Å². The molecule has 0 atom stereocenters. The molecular weight excluding hydrogens is 444 g/mol. The van der Waals surface area contributed by atoms with Gasteiger partial charge >= 0.3 is 0 Å². The number of amides is 2. The number of rotatable bonds is 9. The lowest BCUT2D eigenvalue weighted by molar-refractivity contribution is -0.121. The topological polar surface area (TPSA) is 118 Å². The zero-order valence-electron chi connectivity index (χ0n) is 16.6. The summed E-state index contributed by atoms with van der Waals surface area (Å²) < 4.78 is 57.6. The van der Waals surface area contributed by atoms with Gasteiger partial charge in [0, 0.05) is 25.2 Å². The highest BCUT2D eigenvalue weighted by atomic mass is 32.2. The van der Waals surface area contributed by atoms with Gasteiger partial charge in [-0.25, -0.2) is 21.9 Å². The van der Waals surface area contributed by atoms with Crippen LogP contribution in [0, 0.1) is 11.6 Å². The van der Waals surface area contributed by atoms with Crippen molar-refractivity contribution in [3.05, 3.63) is 83.8 Å². The number of hydrogen-bond acceptors (Lipinski definition) is 5. The molecule has 3 aromatic rings. The number of sulfonamides is 1. The van der Waals surface area contributed by atoms with E-state index in [1.807, 2.05) is 0 Å². The van der Waals surface area contributed by atoms with Crippen LogP contribution in [0.3, 0.4) is 0 Å². The molecule has 32 heavy (non-hydrogen) atoms. The minimum absolute atomic E-state index is 0.152. The first-order chi connectivity index (χ1) is 15.2. The van der Waals surface area contributed by atoms with Gasteiger partial charge in [-0.2, -0.15) is 0 Å². The van der Waals surface area contributed by atoms with E-state index in [1.165, 1.54) is 12.3 Å². The maximum absolute atomic E-state index is 13.2. The van der Waals surface area contributed by atoms with Crippen LogP contribution in [0.25, 0.3) is 0 Å². The molecule has 0 fully saturated rings. The number of carbonyl (C=O) groups is 2. The van der Waals surface area contributed by atoms with Gasteiger partial charge in [0.25, 0.3) is 5.91 Å². The van der Waals surface area contributed by atoms with E-state index in [0.717, 1.165) is 6.07 Å². The Balaban J connectivity index is 1.46. The molecule has 1 heterocycles. The Kier molecular flexibility index (Phi) is 7.33. The summed E-state index contributed by atoms with van der Waals surface area (Å²) in [5.41, 5.74) is 1.22. The molecule has 168 valence electrons. The molecule has 2 aromatic carbocycles. The van der Waals surface area contributed by atoms with Crippen molar-refractivity contribution in [2.45, 2.75) is 17.9 Å². The van der Waals surface area contributed by atoms with Crippen LogP contribution in [0.4, 0.5) is 14.5 Å². The van der Waals surface area contributed by atoms with Crippen LogP contribution in [0.1, 0.15) is 22.5 Å². The molecular formula is C21H19F2N3O5S. The second kappa shape index (κ2) is 10.2. The lowest BCUT2D eigenvalue weighted by atomic mass is 10.2. The number of nitrogens with one attached hydrogen (secondary N) is 3. The van der Waals surface area contributed by atoms with E-state index in [-0.39, 0.29) is 25.3 Å². The predicted molar refractivity (Wildman–Crippen MR) is 111 cm³/mol. The third-order valence-corrected chi connectivity index (χ3v) is 5.72. The first kappa shape index (κ1) is 23.1. The Hall–Kier alpha value is -3.57. The minimum atomic E-state index is -4.08. The van der Waals surface area contributed by atoms with Crippen molar-refractivity contribution in [2.24, 2.45) is 0 Å². The van der Waals surface area contributed by atoms with E-state index in [2.05, 4.69) is 15.4 Å². The Morgan fingerprint density at radius 3 is 2.50 bits per heavy atom. The molecule has 0 radical (unpaired) electrons. The average Bonchev–Trinajstić information content (AvgIpc) is 3.29. The molecule has 0 bridgehead atoms. The first-order valence-corrected chi connectivity index (χ1v) is 10.9. The maximum Gasteiger partial charge on any atom is 0.291 e. The van der Waals surface area contributed by atoms with Crippen LogP contribution in [-0.4, -0.2) is 26.8 Å². The predicted octanol–water partition coefficient (Wildman–Crippen LogP) is 2.79. The number of anilines is 1. The van der Waals surface area contributed by atoms with Crippen LogP contribution < -0.4 is 15.4 Å². The second-order valence-electron chi connectivity index (χ2n) is 6.63. The molecule has 0 aliphatic carbocycles. The van der Waals surface area contributed by atoms with E-state index >= 15 is 0 Å². The zero-order valence-corrected chi connectivity index (χ0v) is 17.4. The van der Waals surface area contributed by atoms with Gasteiger partial charge < -0.3 is 15.1 Å². The van der Waals surface area contributed by atoms with E-state index in [9.17, 15) is 26.8 Å². The summed E-state index contributed by atoms with van der Waals surface area (Å²) in [6.45, 7) is -0.0778. The number of benzene rings is 2. The molecule has 0 saturated carbocycles. The zero-order chi connectivity index (χ0) is 23.1. The number of carbonyl (C=O) groups excluding carboxylic acids is 2. The molecule has 11 heteroatoms. The van der Waals surface area contributed by atoms with E-state index in [1.54, 1.807) is 30.3 Å². The van der Waals surface area contributed by atoms with Crippen molar-refractivity contribution >= 4 is 27.5 Å². The van der Waals surface area contributed by atoms with Crippen molar-refractivity contribution in [1.29, 1.82) is 0 Å². The van der Waals surface area contributed by atoms with Crippen molar-refractivity contribution in [1.82, 2.24) is 10.0 Å². The van der Waals surface area contributed by atoms with Crippen molar-refractivity contribution in [3.8, 4) is 0 Å². The van der Waals surface area contributed by atoms with Gasteiger partial charge in [0.15, 0.2) is 17.4 Å². The second-order valence-corrected chi connectivity index (χ2v) is 8.40. The van der Waals surface area contributed by atoms with E-state index < -0.39 is 38.4 Å². The van der Waals surface area contributed by atoms with Gasteiger partial charge in [0.1, 0.15) is 0 Å². The molecule has 8 nitrogen and oxygen atoms in total. The molecule has 0 saturated heterocycles. The summed E-state index contributed by atoms with van der Waals surface area (Å²) in [6, 6.07) is 12.1. The molecule has 0 aliphatic heterocycles. The summed E-state index contributed by atoms with van der Waals surface area (Å²) in [6.07, 6.45) is 1.22. The summed E-state index contributed by atoms with van der Waals surface area (Å²) in [4.78, 5) is 23.6. The highest BCUT2D eigenvalue weighted by Gasteiger charge is 2.16. The summed E-state index contributed by atoms with van der Waals surface area (Å²) >= 11 is 0. The monoisotopic (exact) mass is 463 g/mol. The Bertz CT molecular complexity index is 1210. The lowest BCUT2D eigenvalue weighted by Gasteiger charge is -2.09. The van der Waals surface area contributed by atoms with Crippen LogP contribution >= 0.6 is 0 Å². The van der Waals surface area contributed by atoms with Gasteiger partial charge in [-0.05, 0) is 48.0 Å². The molecule has 2 amide bonds. The molecule has 1 aromatic heterocycles.